The number of methoxy groups -OCH3 is 1. The van der Waals surface area contributed by atoms with Crippen LogP contribution in [0.2, 0.25) is 0 Å². The van der Waals surface area contributed by atoms with Gasteiger partial charge in [0.1, 0.15) is 10.6 Å². The zero-order valence-electron chi connectivity index (χ0n) is 11.4. The Morgan fingerprint density at radius 3 is 3.00 bits per heavy atom. The van der Waals surface area contributed by atoms with E-state index >= 15 is 0 Å². The molecule has 0 aliphatic heterocycles. The molecule has 0 saturated carbocycles. The van der Waals surface area contributed by atoms with Gasteiger partial charge in [-0.1, -0.05) is 5.21 Å². The Hall–Kier alpha value is -2.26. The van der Waals surface area contributed by atoms with Crippen LogP contribution in [0.4, 0.5) is 0 Å². The zero-order chi connectivity index (χ0) is 15.2. The third-order valence-electron chi connectivity index (χ3n) is 2.60. The number of esters is 1. The lowest BCUT2D eigenvalue weighted by Gasteiger charge is -1.98. The van der Waals surface area contributed by atoms with E-state index in [0.29, 0.717) is 17.1 Å². The number of nitrogens with two attached hydrogens (primary N) is 1. The molecule has 0 aliphatic rings. The van der Waals surface area contributed by atoms with E-state index in [1.165, 1.54) is 18.4 Å². The first kappa shape index (κ1) is 15.1. The fourth-order valence-corrected chi connectivity index (χ4v) is 2.51. The van der Waals surface area contributed by atoms with Crippen molar-refractivity contribution in [1.82, 2.24) is 20.3 Å². The summed E-state index contributed by atoms with van der Waals surface area (Å²) in [5.74, 6) is -0.597. The number of carbonyl (C=O) groups is 2. The summed E-state index contributed by atoms with van der Waals surface area (Å²) in [6.07, 6.45) is 1.73. The van der Waals surface area contributed by atoms with Crippen molar-refractivity contribution in [1.29, 1.82) is 0 Å². The standard InChI is InChI=1S/C12H15N5O3S/c1-20-12(19)10-3-2-9(21-10)7-17-6-8(15-16-17)5-14-11(18)4-13/h2-3,6H,4-5,7,13H2,1H3,(H,14,18). The Kier molecular flexibility index (Phi) is 5.01. The average Bonchev–Trinajstić information content (AvgIpc) is 3.14. The topological polar surface area (TPSA) is 112 Å². The summed E-state index contributed by atoms with van der Waals surface area (Å²) in [7, 11) is 1.35. The summed E-state index contributed by atoms with van der Waals surface area (Å²) in [4.78, 5) is 23.9. The molecule has 0 saturated heterocycles. The second-order valence-corrected chi connectivity index (χ2v) is 5.31. The predicted octanol–water partition coefficient (Wildman–Crippen LogP) is -0.251. The molecule has 2 heterocycles. The third kappa shape index (κ3) is 4.10. The van der Waals surface area contributed by atoms with Crippen LogP contribution < -0.4 is 11.1 Å². The van der Waals surface area contributed by atoms with Crippen molar-refractivity contribution in [3.63, 3.8) is 0 Å². The number of ether oxygens (including phenoxy) is 1. The Morgan fingerprint density at radius 1 is 1.48 bits per heavy atom. The van der Waals surface area contributed by atoms with Crippen LogP contribution in [-0.4, -0.2) is 40.5 Å². The van der Waals surface area contributed by atoms with Gasteiger partial charge < -0.3 is 15.8 Å². The number of hydrogen-bond donors (Lipinski definition) is 2. The molecular weight excluding hydrogens is 294 g/mol. The maximum Gasteiger partial charge on any atom is 0.348 e. The van der Waals surface area contributed by atoms with Crippen molar-refractivity contribution in [2.75, 3.05) is 13.7 Å². The monoisotopic (exact) mass is 309 g/mol. The molecule has 9 heteroatoms. The number of amides is 1. The first-order valence-electron chi connectivity index (χ1n) is 6.15. The molecule has 21 heavy (non-hydrogen) atoms. The summed E-state index contributed by atoms with van der Waals surface area (Å²) < 4.78 is 6.29. The molecule has 0 aromatic carbocycles. The second-order valence-electron chi connectivity index (χ2n) is 4.15. The smallest absolute Gasteiger partial charge is 0.348 e. The van der Waals surface area contributed by atoms with Crippen LogP contribution in [0.25, 0.3) is 0 Å². The van der Waals surface area contributed by atoms with E-state index in [1.807, 2.05) is 6.07 Å². The van der Waals surface area contributed by atoms with E-state index in [9.17, 15) is 9.59 Å². The summed E-state index contributed by atoms with van der Waals surface area (Å²) in [5.41, 5.74) is 5.83. The van der Waals surface area contributed by atoms with Gasteiger partial charge in [0.15, 0.2) is 0 Å². The minimum absolute atomic E-state index is 0.0559. The van der Waals surface area contributed by atoms with Gasteiger partial charge in [-0.15, -0.1) is 16.4 Å². The fourth-order valence-electron chi connectivity index (χ4n) is 1.59. The van der Waals surface area contributed by atoms with Crippen LogP contribution in [0.1, 0.15) is 20.2 Å². The van der Waals surface area contributed by atoms with Gasteiger partial charge in [-0.3, -0.25) is 4.79 Å². The highest BCUT2D eigenvalue weighted by molar-refractivity contribution is 7.13. The molecule has 2 rings (SSSR count). The van der Waals surface area contributed by atoms with Crippen LogP contribution >= 0.6 is 11.3 Å². The molecule has 0 atom stereocenters. The summed E-state index contributed by atoms with van der Waals surface area (Å²) in [6.45, 7) is 0.729. The van der Waals surface area contributed by atoms with Crippen molar-refractivity contribution in [3.8, 4) is 0 Å². The average molecular weight is 309 g/mol. The number of hydrogen-bond acceptors (Lipinski definition) is 7. The molecule has 3 N–H and O–H groups in total. The maximum absolute atomic E-state index is 11.4. The highest BCUT2D eigenvalue weighted by Gasteiger charge is 2.10. The van der Waals surface area contributed by atoms with Crippen LogP contribution in [0.15, 0.2) is 18.3 Å². The molecule has 0 radical (unpaired) electrons. The van der Waals surface area contributed by atoms with Gasteiger partial charge in [0.2, 0.25) is 5.91 Å². The van der Waals surface area contributed by atoms with Crippen molar-refractivity contribution >= 4 is 23.2 Å². The fraction of sp³-hybridized carbons (Fsp3) is 0.333. The quantitative estimate of drug-likeness (QED) is 0.712. The lowest BCUT2D eigenvalue weighted by atomic mass is 10.4. The van der Waals surface area contributed by atoms with Gasteiger partial charge >= 0.3 is 5.97 Å². The SMILES string of the molecule is COC(=O)c1ccc(Cn2cc(CNC(=O)CN)nn2)s1. The van der Waals surface area contributed by atoms with Gasteiger partial charge in [-0.25, -0.2) is 9.48 Å². The van der Waals surface area contributed by atoms with Crippen LogP contribution in [0.5, 0.6) is 0 Å². The van der Waals surface area contributed by atoms with Gasteiger partial charge in [0.05, 0.1) is 32.9 Å². The van der Waals surface area contributed by atoms with Gasteiger partial charge in [-0.05, 0) is 12.1 Å². The Balaban J connectivity index is 1.94. The third-order valence-corrected chi connectivity index (χ3v) is 3.65. The molecular formula is C12H15N5O3S. The molecule has 0 spiro atoms. The van der Waals surface area contributed by atoms with E-state index in [1.54, 1.807) is 16.9 Å². The predicted molar refractivity (Wildman–Crippen MR) is 75.7 cm³/mol. The van der Waals surface area contributed by atoms with E-state index in [4.69, 9.17) is 5.73 Å². The first-order chi connectivity index (χ1) is 10.1. The summed E-state index contributed by atoms with van der Waals surface area (Å²) >= 11 is 1.34. The Labute approximate surface area is 124 Å². The van der Waals surface area contributed by atoms with Crippen LogP contribution in [-0.2, 0) is 22.6 Å². The van der Waals surface area contributed by atoms with E-state index in [0.717, 1.165) is 4.88 Å². The highest BCUT2D eigenvalue weighted by atomic mass is 32.1. The normalized spacial score (nSPS) is 10.4. The van der Waals surface area contributed by atoms with E-state index in [2.05, 4.69) is 20.4 Å². The van der Waals surface area contributed by atoms with Crippen LogP contribution in [0, 0.1) is 0 Å². The Morgan fingerprint density at radius 2 is 2.29 bits per heavy atom. The van der Waals surface area contributed by atoms with Crippen LogP contribution in [0.3, 0.4) is 0 Å². The second kappa shape index (κ2) is 6.95. The van der Waals surface area contributed by atoms with Gasteiger partial charge in [-0.2, -0.15) is 0 Å². The van der Waals surface area contributed by atoms with Gasteiger partial charge in [0.25, 0.3) is 0 Å². The number of thiophene rings is 1. The first-order valence-corrected chi connectivity index (χ1v) is 6.97. The minimum Gasteiger partial charge on any atom is -0.465 e. The Bertz CT molecular complexity index is 636. The minimum atomic E-state index is -0.352. The zero-order valence-corrected chi connectivity index (χ0v) is 12.2. The van der Waals surface area contributed by atoms with E-state index in [-0.39, 0.29) is 25.0 Å². The summed E-state index contributed by atoms with van der Waals surface area (Å²) in [6, 6.07) is 3.56. The van der Waals surface area contributed by atoms with Crippen molar-refractivity contribution in [3.05, 3.63) is 33.8 Å². The largest absolute Gasteiger partial charge is 0.465 e. The highest BCUT2D eigenvalue weighted by Crippen LogP contribution is 2.18. The lowest BCUT2D eigenvalue weighted by Crippen LogP contribution is -2.29. The number of aromatic nitrogens is 3. The van der Waals surface area contributed by atoms with Crippen molar-refractivity contribution in [2.45, 2.75) is 13.1 Å². The lowest BCUT2D eigenvalue weighted by molar-refractivity contribution is -0.119. The maximum atomic E-state index is 11.4. The van der Waals surface area contributed by atoms with Gasteiger partial charge in [0, 0.05) is 4.88 Å². The molecule has 0 unspecified atom stereocenters. The molecule has 112 valence electrons. The molecule has 0 aliphatic carbocycles. The molecule has 0 bridgehead atoms. The molecule has 1 amide bonds. The molecule has 2 aromatic rings. The summed E-state index contributed by atoms with van der Waals surface area (Å²) in [5, 5.41) is 10.5. The van der Waals surface area contributed by atoms with Crippen molar-refractivity contribution < 1.29 is 14.3 Å². The molecule has 0 fully saturated rings. The number of rotatable bonds is 6. The molecule has 2 aromatic heterocycles. The van der Waals surface area contributed by atoms with Crippen molar-refractivity contribution in [2.24, 2.45) is 5.73 Å². The number of nitrogens with zero attached hydrogens (tertiary/aromatic N) is 3. The van der Waals surface area contributed by atoms with E-state index < -0.39 is 0 Å². The molecule has 8 nitrogen and oxygen atoms in total. The number of nitrogens with one attached hydrogen (secondary N) is 1. The number of carbonyl (C=O) groups excluding carboxylic acids is 2.